The Labute approximate surface area is 133 Å². The topological polar surface area (TPSA) is 49.4 Å². The average Bonchev–Trinajstić information content (AvgIpc) is 2.88. The number of fused-ring (bicyclic) bond motifs is 1. The number of nitrogens with zero attached hydrogens (tertiary/aromatic N) is 1. The van der Waals surface area contributed by atoms with E-state index < -0.39 is 0 Å². The van der Waals surface area contributed by atoms with Crippen LogP contribution < -0.4 is 5.32 Å². The maximum Gasteiger partial charge on any atom is 0.246 e. The van der Waals surface area contributed by atoms with Crippen LogP contribution in [0.3, 0.4) is 0 Å². The molecule has 1 aliphatic rings. The standard InChI is InChI=1S/C17H18N2O2S/c1-2-16(20)19-10-13(11-19)17(21)18-8-7-14-9-12-5-3-4-6-15(12)22-14/h2-6,9,13H,1,7-8,10-11H2,(H,18,21). The van der Waals surface area contributed by atoms with E-state index in [1.807, 2.05) is 12.1 Å². The monoisotopic (exact) mass is 314 g/mol. The molecule has 0 bridgehead atoms. The van der Waals surface area contributed by atoms with E-state index >= 15 is 0 Å². The molecule has 0 saturated carbocycles. The van der Waals surface area contributed by atoms with Gasteiger partial charge in [-0.25, -0.2) is 0 Å². The predicted octanol–water partition coefficient (Wildman–Crippen LogP) is 2.20. The van der Waals surface area contributed by atoms with E-state index in [1.54, 1.807) is 16.2 Å². The van der Waals surface area contributed by atoms with E-state index in [1.165, 1.54) is 21.0 Å². The summed E-state index contributed by atoms with van der Waals surface area (Å²) in [5.74, 6) is -0.144. The highest BCUT2D eigenvalue weighted by Gasteiger charge is 2.34. The molecule has 22 heavy (non-hydrogen) atoms. The lowest BCUT2D eigenvalue weighted by molar-refractivity contribution is -0.139. The number of hydrogen-bond donors (Lipinski definition) is 1. The van der Waals surface area contributed by atoms with E-state index in [2.05, 4.69) is 30.1 Å². The molecule has 1 fully saturated rings. The van der Waals surface area contributed by atoms with Gasteiger partial charge in [0, 0.05) is 29.2 Å². The van der Waals surface area contributed by atoms with Crippen molar-refractivity contribution in [1.82, 2.24) is 10.2 Å². The van der Waals surface area contributed by atoms with Crippen LogP contribution in [0.4, 0.5) is 0 Å². The molecule has 2 amide bonds. The maximum atomic E-state index is 12.0. The van der Waals surface area contributed by atoms with Crippen molar-refractivity contribution >= 4 is 33.2 Å². The minimum Gasteiger partial charge on any atom is -0.355 e. The fourth-order valence-corrected chi connectivity index (χ4v) is 3.63. The number of benzene rings is 1. The highest BCUT2D eigenvalue weighted by molar-refractivity contribution is 7.19. The summed E-state index contributed by atoms with van der Waals surface area (Å²) in [6.07, 6.45) is 2.13. The molecule has 1 aliphatic heterocycles. The number of thiophene rings is 1. The van der Waals surface area contributed by atoms with Gasteiger partial charge in [0.25, 0.3) is 0 Å². The molecule has 3 rings (SSSR count). The van der Waals surface area contributed by atoms with Crippen LogP contribution in [-0.4, -0.2) is 36.3 Å². The van der Waals surface area contributed by atoms with E-state index in [0.29, 0.717) is 19.6 Å². The predicted molar refractivity (Wildman–Crippen MR) is 88.8 cm³/mol. The number of likely N-dealkylation sites (tertiary alicyclic amines) is 1. The lowest BCUT2D eigenvalue weighted by Gasteiger charge is -2.37. The quantitative estimate of drug-likeness (QED) is 0.860. The molecule has 0 aliphatic carbocycles. The first-order valence-electron chi connectivity index (χ1n) is 7.34. The van der Waals surface area contributed by atoms with Crippen molar-refractivity contribution in [3.63, 3.8) is 0 Å². The van der Waals surface area contributed by atoms with E-state index in [-0.39, 0.29) is 17.7 Å². The molecular weight excluding hydrogens is 296 g/mol. The molecule has 2 aromatic rings. The van der Waals surface area contributed by atoms with Crippen LogP contribution in [0, 0.1) is 5.92 Å². The Bertz CT molecular complexity index is 683. The molecule has 0 spiro atoms. The Hall–Kier alpha value is -2.14. The van der Waals surface area contributed by atoms with Gasteiger partial charge in [0.1, 0.15) is 0 Å². The largest absolute Gasteiger partial charge is 0.355 e. The van der Waals surface area contributed by atoms with Crippen LogP contribution in [-0.2, 0) is 16.0 Å². The van der Waals surface area contributed by atoms with Gasteiger partial charge in [-0.2, -0.15) is 0 Å². The lowest BCUT2D eigenvalue weighted by Crippen LogP contribution is -2.55. The van der Waals surface area contributed by atoms with Gasteiger partial charge in [0.2, 0.25) is 11.8 Å². The number of carbonyl (C=O) groups excluding carboxylic acids is 2. The molecule has 0 radical (unpaired) electrons. The van der Waals surface area contributed by atoms with Crippen molar-refractivity contribution in [2.75, 3.05) is 19.6 Å². The molecule has 0 atom stereocenters. The van der Waals surface area contributed by atoms with Crippen molar-refractivity contribution in [1.29, 1.82) is 0 Å². The second kappa shape index (κ2) is 6.32. The number of carbonyl (C=O) groups is 2. The Morgan fingerprint density at radius 3 is 2.86 bits per heavy atom. The summed E-state index contributed by atoms with van der Waals surface area (Å²) in [7, 11) is 0. The number of rotatable bonds is 5. The normalized spacial score (nSPS) is 14.6. The highest BCUT2D eigenvalue weighted by atomic mass is 32.1. The number of amides is 2. The minimum atomic E-state index is -0.102. The molecule has 2 heterocycles. The minimum absolute atomic E-state index is 0.0363. The number of hydrogen-bond acceptors (Lipinski definition) is 3. The van der Waals surface area contributed by atoms with Gasteiger partial charge in [0.15, 0.2) is 0 Å². The van der Waals surface area contributed by atoms with Crippen LogP contribution >= 0.6 is 11.3 Å². The van der Waals surface area contributed by atoms with Crippen LogP contribution in [0.1, 0.15) is 4.88 Å². The second-order valence-electron chi connectivity index (χ2n) is 5.44. The third-order valence-electron chi connectivity index (χ3n) is 3.89. The van der Waals surface area contributed by atoms with Crippen molar-refractivity contribution in [3.8, 4) is 0 Å². The van der Waals surface area contributed by atoms with Crippen molar-refractivity contribution in [3.05, 3.63) is 47.9 Å². The molecular formula is C17H18N2O2S. The molecule has 4 nitrogen and oxygen atoms in total. The molecule has 1 N–H and O–H groups in total. The molecule has 1 aromatic carbocycles. The third-order valence-corrected chi connectivity index (χ3v) is 5.06. The van der Waals surface area contributed by atoms with E-state index in [4.69, 9.17) is 0 Å². The Morgan fingerprint density at radius 2 is 2.14 bits per heavy atom. The Balaban J connectivity index is 1.44. The Kier molecular flexibility index (Phi) is 4.24. The first-order valence-corrected chi connectivity index (χ1v) is 8.15. The summed E-state index contributed by atoms with van der Waals surface area (Å²) >= 11 is 1.77. The summed E-state index contributed by atoms with van der Waals surface area (Å²) in [5, 5.41) is 4.21. The van der Waals surface area contributed by atoms with Crippen molar-refractivity contribution in [2.45, 2.75) is 6.42 Å². The highest BCUT2D eigenvalue weighted by Crippen LogP contribution is 2.25. The van der Waals surface area contributed by atoms with Gasteiger partial charge >= 0.3 is 0 Å². The van der Waals surface area contributed by atoms with Gasteiger partial charge < -0.3 is 10.2 Å². The fraction of sp³-hybridized carbons (Fsp3) is 0.294. The average molecular weight is 314 g/mol. The third kappa shape index (κ3) is 3.04. The number of nitrogens with one attached hydrogen (secondary N) is 1. The van der Waals surface area contributed by atoms with Gasteiger partial charge in [-0.15, -0.1) is 11.3 Å². The molecule has 0 unspecified atom stereocenters. The lowest BCUT2D eigenvalue weighted by atomic mass is 9.99. The molecule has 5 heteroatoms. The van der Waals surface area contributed by atoms with Gasteiger partial charge in [-0.05, 0) is 30.0 Å². The first kappa shape index (κ1) is 14.8. The first-order chi connectivity index (χ1) is 10.7. The molecule has 1 saturated heterocycles. The Morgan fingerprint density at radius 1 is 1.36 bits per heavy atom. The summed E-state index contributed by atoms with van der Waals surface area (Å²) < 4.78 is 1.28. The van der Waals surface area contributed by atoms with Gasteiger partial charge in [-0.3, -0.25) is 9.59 Å². The van der Waals surface area contributed by atoms with Crippen LogP contribution in [0.15, 0.2) is 43.0 Å². The summed E-state index contributed by atoms with van der Waals surface area (Å²) in [6, 6.07) is 10.5. The summed E-state index contributed by atoms with van der Waals surface area (Å²) in [6.45, 7) is 5.08. The zero-order chi connectivity index (χ0) is 15.5. The van der Waals surface area contributed by atoms with Crippen LogP contribution in [0.25, 0.3) is 10.1 Å². The zero-order valence-corrected chi connectivity index (χ0v) is 13.1. The van der Waals surface area contributed by atoms with E-state index in [9.17, 15) is 9.59 Å². The van der Waals surface area contributed by atoms with Gasteiger partial charge in [-0.1, -0.05) is 24.8 Å². The smallest absolute Gasteiger partial charge is 0.246 e. The summed E-state index contributed by atoms with van der Waals surface area (Å²) in [5.41, 5.74) is 0. The SMILES string of the molecule is C=CC(=O)N1CC(C(=O)NCCc2cc3ccccc3s2)C1. The molecule has 114 valence electrons. The van der Waals surface area contributed by atoms with Crippen molar-refractivity contribution in [2.24, 2.45) is 5.92 Å². The van der Waals surface area contributed by atoms with Gasteiger partial charge in [0.05, 0.1) is 5.92 Å². The van der Waals surface area contributed by atoms with Crippen LogP contribution in [0.2, 0.25) is 0 Å². The zero-order valence-electron chi connectivity index (χ0n) is 12.2. The second-order valence-corrected chi connectivity index (χ2v) is 6.60. The maximum absolute atomic E-state index is 12.0. The molecule has 1 aromatic heterocycles. The van der Waals surface area contributed by atoms with Crippen LogP contribution in [0.5, 0.6) is 0 Å². The summed E-state index contributed by atoms with van der Waals surface area (Å²) in [4.78, 5) is 26.2. The van der Waals surface area contributed by atoms with Crippen molar-refractivity contribution < 1.29 is 9.59 Å². The fourth-order valence-electron chi connectivity index (χ4n) is 2.57. The van der Waals surface area contributed by atoms with E-state index in [0.717, 1.165) is 6.42 Å².